The molecular weight excluding hydrogens is 1900 g/mol. The second-order valence-electron chi connectivity index (χ2n) is 41.4. The summed E-state index contributed by atoms with van der Waals surface area (Å²) in [6.45, 7) is 49.5. The Balaban J connectivity index is 0.000000344. The molecule has 1 heterocycles. The molecule has 22 heteroatoms. The maximum atomic E-state index is 12.5. The summed E-state index contributed by atoms with van der Waals surface area (Å²) in [5.41, 5.74) is 10.8. The largest absolute Gasteiger partial charge is 0.348 e. The Morgan fingerprint density at radius 1 is 0.333 bits per heavy atom. The summed E-state index contributed by atoms with van der Waals surface area (Å²) >= 11 is 41.4. The number of halogens is 7. The quantitative estimate of drug-likeness (QED) is 0.0198. The van der Waals surface area contributed by atoms with Crippen molar-refractivity contribution >= 4 is 116 Å². The standard InChI is InChI=1S/C20H30ClNO.C19H29ClN2O.C18H26ClNO.C16H23ClN2O2.C16H24ClN.C15H22ClNO.C15H22ClN/c1-15(2)20(23)19(14-17-8-10-18(21)11-9-17)22-13-12-16-6-4-3-5-7-16;1-15(2)19(23)18(14-16-6-8-17(20)9-7-16)21-10-13-22-11-4-3-5-12-22;1-13(2)18(21)17(20-16-6-4-3-5-7-16)12-14-8-10-15(19)11-9-14;1-11(2)16(21)14(18-10-15(20)19(3)4)9-12-5-7-13(17)8-6-12;1-11(2)13(5)16(18-12(3)4)10-14-6-8-15(17)9-7-14;1-4-9-17-14(15(18)11(2)3)10-12-5-7-13(16)8-6-12;1-11(2)12(3)15(17(4)5)10-13-6-8-14(16)9-7-13/h8-11,15-16,19,22H,3-7,12-14H2,1-2H3;6-9,15,18,21H,3-5,10-14H2,1-2H3;8-11,13,16-17,20H,3-7,12H2,1-2H3;5-8,11,14,18H,9-10H2,1-4H3;6-9,11-12,16,18H,5,10H2,1-4H3;5-8,11,14,17H,4,9-10H2,1-3H3;6-9,11,15H,3,10H2,1-2,4-5H3/t19-;18-;17-;14-;16-;14-;15-/m1111111/s1. The number of hydrogen-bond acceptors (Lipinski definition) is 14. The van der Waals surface area contributed by atoms with E-state index in [1.165, 1.54) is 141 Å². The summed E-state index contributed by atoms with van der Waals surface area (Å²) in [7, 11) is 7.60. The monoisotopic (exact) mass is 2070 g/mol. The van der Waals surface area contributed by atoms with Crippen LogP contribution >= 0.6 is 81.2 Å². The van der Waals surface area contributed by atoms with Crippen LogP contribution in [-0.4, -0.2) is 178 Å². The molecule has 1 aliphatic heterocycles. The van der Waals surface area contributed by atoms with Crippen molar-refractivity contribution in [3.8, 4) is 0 Å². The summed E-state index contributed by atoms with van der Waals surface area (Å²) < 4.78 is 0. The maximum absolute atomic E-state index is 12.5. The molecule has 10 rings (SSSR count). The second-order valence-corrected chi connectivity index (χ2v) is 44.5. The molecule has 141 heavy (non-hydrogen) atoms. The van der Waals surface area contributed by atoms with Gasteiger partial charge in [0.1, 0.15) is 0 Å². The number of carbonyl (C=O) groups is 6. The van der Waals surface area contributed by atoms with E-state index in [9.17, 15) is 28.8 Å². The van der Waals surface area contributed by atoms with Gasteiger partial charge in [-0.15, -0.1) is 0 Å². The molecule has 3 aliphatic rings. The lowest BCUT2D eigenvalue weighted by Gasteiger charge is -2.29. The molecule has 0 spiro atoms. The SMILES string of the molecule is C=C(C(C)C)[C@@H](Cc1ccc(Cl)cc1)N(C)C.C=C(C(C)C)[C@@H](Cc1ccc(Cl)cc1)NC(C)C.CC(C)C(=O)[C@@H](Cc1ccc(Cl)cc1)NC1CCCCC1.CC(C)C(=O)[C@@H](Cc1ccc(Cl)cc1)NCC(=O)N(C)C.CC(C)C(=O)[C@@H](Cc1ccc(Cl)cc1)NCCC1CCCCC1.CC(C)C(=O)[C@@H](Cc1ccc(Cl)cc1)NCCN1CCCCC1.CCCN[C@H](Cc1ccc(Cl)cc1)C(=O)C(C)C. The topological polar surface area (TPSA) is 184 Å². The third kappa shape index (κ3) is 53.1. The summed E-state index contributed by atoms with van der Waals surface area (Å²) in [6.07, 6.45) is 24.8. The van der Waals surface area contributed by atoms with Gasteiger partial charge in [-0.1, -0.05) is 366 Å². The van der Waals surface area contributed by atoms with E-state index in [1.807, 2.05) is 203 Å². The highest BCUT2D eigenvalue weighted by Gasteiger charge is 2.30. The number of rotatable bonds is 47. The van der Waals surface area contributed by atoms with E-state index < -0.39 is 0 Å². The minimum absolute atomic E-state index is 0.0485. The molecule has 2 aliphatic carbocycles. The van der Waals surface area contributed by atoms with Gasteiger partial charge in [0.25, 0.3) is 0 Å². The Bertz CT molecular complexity index is 4570. The minimum atomic E-state index is -0.366. The van der Waals surface area contributed by atoms with Crippen molar-refractivity contribution in [1.29, 1.82) is 0 Å². The lowest BCUT2D eigenvalue weighted by Crippen LogP contribution is -2.46. The van der Waals surface area contributed by atoms with Gasteiger partial charge >= 0.3 is 0 Å². The second kappa shape index (κ2) is 70.4. The van der Waals surface area contributed by atoms with Crippen LogP contribution in [0.5, 0.6) is 0 Å². The number of nitrogens with one attached hydrogen (secondary N) is 6. The molecule has 0 unspecified atom stereocenters. The molecule has 0 aromatic heterocycles. The van der Waals surface area contributed by atoms with Gasteiger partial charge in [0.05, 0.1) is 36.8 Å². The third-order valence-corrected chi connectivity index (χ3v) is 27.9. The molecule has 1 saturated heterocycles. The zero-order valence-corrected chi connectivity index (χ0v) is 94.6. The third-order valence-electron chi connectivity index (χ3n) is 26.2. The van der Waals surface area contributed by atoms with Crippen LogP contribution in [0.15, 0.2) is 194 Å². The Morgan fingerprint density at radius 3 is 0.908 bits per heavy atom. The van der Waals surface area contributed by atoms with Crippen molar-refractivity contribution in [3.05, 3.63) is 268 Å². The van der Waals surface area contributed by atoms with Crippen molar-refractivity contribution in [2.24, 2.45) is 47.3 Å². The first kappa shape index (κ1) is 127. The van der Waals surface area contributed by atoms with Gasteiger partial charge < -0.3 is 41.3 Å². The molecular formula is C119H176Cl7N9O6. The number of ketones is 5. The Morgan fingerprint density at radius 2 is 0.610 bits per heavy atom. The average molecular weight is 2080 g/mol. The van der Waals surface area contributed by atoms with Crippen molar-refractivity contribution < 1.29 is 28.8 Å². The normalized spacial score (nSPS) is 15.0. The number of piperidine rings is 1. The predicted octanol–water partition coefficient (Wildman–Crippen LogP) is 27.1. The van der Waals surface area contributed by atoms with E-state index in [0.717, 1.165) is 124 Å². The maximum Gasteiger partial charge on any atom is 0.236 e. The first-order valence-corrected chi connectivity index (χ1v) is 54.8. The summed E-state index contributed by atoms with van der Waals surface area (Å²) in [5.74, 6) is 3.27. The van der Waals surface area contributed by atoms with Gasteiger partial charge in [0.2, 0.25) is 5.91 Å². The van der Waals surface area contributed by atoms with Gasteiger partial charge in [-0.3, -0.25) is 34.1 Å². The van der Waals surface area contributed by atoms with Crippen LogP contribution in [0.25, 0.3) is 0 Å². The van der Waals surface area contributed by atoms with E-state index >= 15 is 0 Å². The molecule has 7 atom stereocenters. The molecule has 0 bridgehead atoms. The fourth-order valence-corrected chi connectivity index (χ4v) is 18.1. The zero-order chi connectivity index (χ0) is 105. The molecule has 6 N–H and O–H groups in total. The number of hydrogen-bond donors (Lipinski definition) is 6. The van der Waals surface area contributed by atoms with E-state index in [0.29, 0.717) is 64.8 Å². The molecule has 2 saturated carbocycles. The number of carbonyl (C=O) groups excluding carboxylic acids is 6. The highest BCUT2D eigenvalue weighted by molar-refractivity contribution is 6.32. The fraction of sp³-hybridized carbons (Fsp3) is 0.563. The predicted molar refractivity (Wildman–Crippen MR) is 604 cm³/mol. The van der Waals surface area contributed by atoms with Crippen molar-refractivity contribution in [2.45, 2.75) is 313 Å². The summed E-state index contributed by atoms with van der Waals surface area (Å²) in [4.78, 5) is 79.8. The van der Waals surface area contributed by atoms with Gasteiger partial charge in [0.15, 0.2) is 28.9 Å². The number of likely N-dealkylation sites (N-methyl/N-ethyl adjacent to an activating group) is 2. The van der Waals surface area contributed by atoms with Crippen molar-refractivity contribution in [1.82, 2.24) is 46.6 Å². The van der Waals surface area contributed by atoms with Crippen LogP contribution in [0.1, 0.15) is 253 Å². The number of Topliss-reactive ketones (excluding diaryl/α,β-unsaturated/α-hetero) is 5. The number of amides is 1. The molecule has 3 fully saturated rings. The number of likely N-dealkylation sites (tertiary alicyclic amines) is 1. The van der Waals surface area contributed by atoms with Crippen molar-refractivity contribution in [2.75, 3.05) is 74.0 Å². The van der Waals surface area contributed by atoms with E-state index in [1.54, 1.807) is 26.2 Å². The van der Waals surface area contributed by atoms with Crippen LogP contribution in [0.4, 0.5) is 0 Å². The van der Waals surface area contributed by atoms with E-state index in [2.05, 4.69) is 142 Å². The molecule has 7 aromatic rings. The molecule has 1 amide bonds. The van der Waals surface area contributed by atoms with Crippen LogP contribution < -0.4 is 31.9 Å². The van der Waals surface area contributed by atoms with E-state index in [4.69, 9.17) is 81.2 Å². The first-order valence-electron chi connectivity index (χ1n) is 52.2. The smallest absolute Gasteiger partial charge is 0.236 e. The van der Waals surface area contributed by atoms with Crippen LogP contribution in [0, 0.1) is 47.3 Å². The highest BCUT2D eigenvalue weighted by Crippen LogP contribution is 2.29. The van der Waals surface area contributed by atoms with Gasteiger partial charge in [-0.2, -0.15) is 0 Å². The average Bonchev–Trinajstić information content (AvgIpc) is 0.853. The first-order chi connectivity index (χ1) is 66.8. The lowest BCUT2D eigenvalue weighted by molar-refractivity contribution is -0.129. The van der Waals surface area contributed by atoms with Crippen LogP contribution in [-0.2, 0) is 73.7 Å². The van der Waals surface area contributed by atoms with E-state index in [-0.39, 0.29) is 83.8 Å². The molecule has 0 radical (unpaired) electrons. The van der Waals surface area contributed by atoms with Crippen LogP contribution in [0.2, 0.25) is 35.2 Å². The summed E-state index contributed by atoms with van der Waals surface area (Å²) in [6, 6.07) is 55.7. The van der Waals surface area contributed by atoms with Gasteiger partial charge in [-0.25, -0.2) is 0 Å². The molecule has 15 nitrogen and oxygen atoms in total. The fourth-order valence-electron chi connectivity index (χ4n) is 17.2. The zero-order valence-electron chi connectivity index (χ0n) is 89.3. The Kier molecular flexibility index (Phi) is 63.3. The molecule has 782 valence electrons. The minimum Gasteiger partial charge on any atom is -0.348 e. The number of benzene rings is 7. The Labute approximate surface area is 887 Å². The Hall–Kier alpha value is -6.45. The van der Waals surface area contributed by atoms with Crippen LogP contribution in [0.3, 0.4) is 0 Å². The number of nitrogens with zero attached hydrogens (tertiary/aromatic N) is 3. The van der Waals surface area contributed by atoms with Gasteiger partial charge in [0, 0.05) is 116 Å². The summed E-state index contributed by atoms with van der Waals surface area (Å²) in [5, 5.41) is 25.8. The molecule has 7 aromatic carbocycles. The van der Waals surface area contributed by atoms with Gasteiger partial charge in [-0.05, 0) is 265 Å². The lowest BCUT2D eigenvalue weighted by atomic mass is 9.87. The highest BCUT2D eigenvalue weighted by atomic mass is 35.5. The van der Waals surface area contributed by atoms with Crippen molar-refractivity contribution in [3.63, 3.8) is 0 Å².